The Hall–Kier alpha value is -2.87. The number of pyridine rings is 1. The van der Waals surface area contributed by atoms with Crippen molar-refractivity contribution >= 4 is 5.97 Å². The first-order valence-electron chi connectivity index (χ1n) is 6.38. The van der Waals surface area contributed by atoms with E-state index in [1.165, 1.54) is 6.07 Å². The van der Waals surface area contributed by atoms with E-state index in [2.05, 4.69) is 4.98 Å². The zero-order valence-electron chi connectivity index (χ0n) is 11.8. The highest BCUT2D eigenvalue weighted by atomic mass is 16.5. The summed E-state index contributed by atoms with van der Waals surface area (Å²) in [4.78, 5) is 25.9. The predicted octanol–water partition coefficient (Wildman–Crippen LogP) is 2.22. The molecule has 0 radical (unpaired) electrons. The molecule has 0 aliphatic rings. The average molecular weight is 282 g/mol. The summed E-state index contributed by atoms with van der Waals surface area (Å²) >= 11 is 0. The van der Waals surface area contributed by atoms with E-state index in [1.807, 2.05) is 31.2 Å². The van der Waals surface area contributed by atoms with Gasteiger partial charge in [0.2, 0.25) is 0 Å². The van der Waals surface area contributed by atoms with Crippen molar-refractivity contribution in [2.45, 2.75) is 20.5 Å². The van der Waals surface area contributed by atoms with E-state index >= 15 is 0 Å². The van der Waals surface area contributed by atoms with Crippen LogP contribution in [0.1, 0.15) is 32.7 Å². The number of hydrogen-bond acceptors (Lipinski definition) is 4. The first kappa shape index (κ1) is 14.5. The molecule has 0 unspecified atom stereocenters. The number of benzene rings is 1. The Morgan fingerprint density at radius 3 is 2.76 bits per heavy atom. The molecular weight excluding hydrogens is 268 g/mol. The van der Waals surface area contributed by atoms with E-state index in [4.69, 9.17) is 10.00 Å². The van der Waals surface area contributed by atoms with Gasteiger partial charge in [-0.3, -0.25) is 4.79 Å². The molecule has 21 heavy (non-hydrogen) atoms. The zero-order chi connectivity index (χ0) is 15.4. The maximum absolute atomic E-state index is 12.0. The Kier molecular flexibility index (Phi) is 4.19. The summed E-state index contributed by atoms with van der Waals surface area (Å²) in [6, 6.07) is 10.6. The van der Waals surface area contributed by atoms with Crippen LogP contribution >= 0.6 is 0 Å². The lowest BCUT2D eigenvalue weighted by atomic mass is 10.1. The van der Waals surface area contributed by atoms with Crippen molar-refractivity contribution in [1.82, 2.24) is 4.98 Å². The van der Waals surface area contributed by atoms with Crippen LogP contribution in [-0.2, 0) is 11.3 Å². The Labute approximate surface area is 121 Å². The number of ether oxygens (including phenoxy) is 1. The van der Waals surface area contributed by atoms with Gasteiger partial charge >= 0.3 is 5.97 Å². The van der Waals surface area contributed by atoms with Gasteiger partial charge < -0.3 is 9.72 Å². The number of esters is 1. The summed E-state index contributed by atoms with van der Waals surface area (Å²) in [5, 5.41) is 8.83. The highest BCUT2D eigenvalue weighted by Crippen LogP contribution is 2.10. The van der Waals surface area contributed by atoms with E-state index < -0.39 is 11.5 Å². The number of hydrogen-bond donors (Lipinski definition) is 1. The summed E-state index contributed by atoms with van der Waals surface area (Å²) in [7, 11) is 0. The molecule has 0 fully saturated rings. The Morgan fingerprint density at radius 1 is 1.33 bits per heavy atom. The Morgan fingerprint density at radius 2 is 2.10 bits per heavy atom. The molecule has 1 aromatic carbocycles. The predicted molar refractivity (Wildman–Crippen MR) is 76.8 cm³/mol. The molecule has 0 aliphatic heterocycles. The van der Waals surface area contributed by atoms with Crippen LogP contribution in [0.3, 0.4) is 0 Å². The van der Waals surface area contributed by atoms with Crippen molar-refractivity contribution in [3.05, 3.63) is 68.6 Å². The molecule has 5 heteroatoms. The largest absolute Gasteiger partial charge is 0.457 e. The zero-order valence-corrected chi connectivity index (χ0v) is 11.8. The van der Waals surface area contributed by atoms with Crippen molar-refractivity contribution in [1.29, 1.82) is 5.26 Å². The van der Waals surface area contributed by atoms with Gasteiger partial charge in [0.05, 0.1) is 5.56 Å². The SMILES string of the molecule is Cc1cccc(COC(=O)c2cc(C#N)c(=O)[nH]c2C)c1. The monoisotopic (exact) mass is 282 g/mol. The van der Waals surface area contributed by atoms with Gasteiger partial charge in [0.1, 0.15) is 18.2 Å². The quantitative estimate of drug-likeness (QED) is 0.875. The number of nitrogens with one attached hydrogen (secondary N) is 1. The van der Waals surface area contributed by atoms with Crippen molar-refractivity contribution < 1.29 is 9.53 Å². The van der Waals surface area contributed by atoms with Gasteiger partial charge in [-0.05, 0) is 25.5 Å². The Bertz CT molecular complexity index is 785. The molecule has 2 aromatic rings. The molecule has 1 aromatic heterocycles. The first-order valence-corrected chi connectivity index (χ1v) is 6.38. The standard InChI is InChI=1S/C16H14N2O3/c1-10-4-3-5-12(6-10)9-21-16(20)14-7-13(8-17)15(19)18-11(14)2/h3-7H,9H2,1-2H3,(H,18,19). The molecule has 0 saturated carbocycles. The number of rotatable bonds is 3. The summed E-state index contributed by atoms with van der Waals surface area (Å²) in [5.74, 6) is -0.568. The number of aromatic amines is 1. The van der Waals surface area contributed by atoms with Gasteiger partial charge in [0, 0.05) is 5.69 Å². The summed E-state index contributed by atoms with van der Waals surface area (Å²) in [6.07, 6.45) is 0. The Balaban J connectivity index is 2.18. The van der Waals surface area contributed by atoms with Crippen LogP contribution in [0.5, 0.6) is 0 Å². The van der Waals surface area contributed by atoms with Gasteiger partial charge in [0.25, 0.3) is 5.56 Å². The van der Waals surface area contributed by atoms with Crippen LogP contribution in [-0.4, -0.2) is 11.0 Å². The third kappa shape index (κ3) is 3.37. The topological polar surface area (TPSA) is 82.9 Å². The fourth-order valence-corrected chi connectivity index (χ4v) is 1.95. The number of carbonyl (C=O) groups excluding carboxylic acids is 1. The number of aryl methyl sites for hydroxylation is 2. The summed E-state index contributed by atoms with van der Waals surface area (Å²) in [6.45, 7) is 3.68. The molecule has 1 heterocycles. The van der Waals surface area contributed by atoms with Crippen LogP contribution in [0.15, 0.2) is 35.1 Å². The summed E-state index contributed by atoms with van der Waals surface area (Å²) < 4.78 is 5.22. The third-order valence-corrected chi connectivity index (χ3v) is 3.03. The fourth-order valence-electron chi connectivity index (χ4n) is 1.95. The lowest BCUT2D eigenvalue weighted by Gasteiger charge is -2.08. The number of H-pyrrole nitrogens is 1. The second kappa shape index (κ2) is 6.06. The van der Waals surface area contributed by atoms with E-state index in [9.17, 15) is 9.59 Å². The maximum atomic E-state index is 12.0. The van der Waals surface area contributed by atoms with E-state index in [0.717, 1.165) is 11.1 Å². The van der Waals surface area contributed by atoms with Gasteiger partial charge in [-0.15, -0.1) is 0 Å². The van der Waals surface area contributed by atoms with Gasteiger partial charge in [-0.2, -0.15) is 5.26 Å². The molecule has 1 N–H and O–H groups in total. The molecule has 0 aliphatic carbocycles. The van der Waals surface area contributed by atoms with Crippen molar-refractivity contribution in [2.75, 3.05) is 0 Å². The second-order valence-electron chi connectivity index (χ2n) is 4.73. The summed E-state index contributed by atoms with van der Waals surface area (Å²) in [5.41, 5.74) is 1.92. The lowest BCUT2D eigenvalue weighted by Crippen LogP contribution is -2.17. The van der Waals surface area contributed by atoms with Crippen molar-refractivity contribution in [3.8, 4) is 6.07 Å². The fraction of sp³-hybridized carbons (Fsp3) is 0.188. The van der Waals surface area contributed by atoms with Gasteiger partial charge in [0.15, 0.2) is 0 Å². The number of nitrogens with zero attached hydrogens (tertiary/aromatic N) is 1. The number of nitriles is 1. The molecule has 0 atom stereocenters. The average Bonchev–Trinajstić information content (AvgIpc) is 2.45. The molecule has 0 spiro atoms. The van der Waals surface area contributed by atoms with Crippen LogP contribution in [0.4, 0.5) is 0 Å². The molecule has 0 bridgehead atoms. The van der Waals surface area contributed by atoms with E-state index in [1.54, 1.807) is 13.0 Å². The minimum Gasteiger partial charge on any atom is -0.457 e. The van der Waals surface area contributed by atoms with Crippen LogP contribution in [0.25, 0.3) is 0 Å². The molecule has 0 amide bonds. The number of aromatic nitrogens is 1. The minimum absolute atomic E-state index is 0.108. The van der Waals surface area contributed by atoms with Crippen LogP contribution in [0.2, 0.25) is 0 Å². The highest BCUT2D eigenvalue weighted by Gasteiger charge is 2.14. The molecule has 106 valence electrons. The van der Waals surface area contributed by atoms with Crippen LogP contribution < -0.4 is 5.56 Å². The first-order chi connectivity index (χ1) is 10.0. The normalized spacial score (nSPS) is 9.95. The maximum Gasteiger partial charge on any atom is 0.340 e. The van der Waals surface area contributed by atoms with Crippen molar-refractivity contribution in [2.24, 2.45) is 0 Å². The van der Waals surface area contributed by atoms with Crippen LogP contribution in [0, 0.1) is 25.2 Å². The highest BCUT2D eigenvalue weighted by molar-refractivity contribution is 5.90. The van der Waals surface area contributed by atoms with Crippen molar-refractivity contribution in [3.63, 3.8) is 0 Å². The molecule has 2 rings (SSSR count). The smallest absolute Gasteiger partial charge is 0.340 e. The third-order valence-electron chi connectivity index (χ3n) is 3.03. The molecule has 5 nitrogen and oxygen atoms in total. The molecular formula is C16H14N2O3. The molecule has 0 saturated heterocycles. The van der Waals surface area contributed by atoms with E-state index in [0.29, 0.717) is 5.69 Å². The van der Waals surface area contributed by atoms with Gasteiger partial charge in [-0.25, -0.2) is 4.79 Å². The van der Waals surface area contributed by atoms with Gasteiger partial charge in [-0.1, -0.05) is 29.8 Å². The lowest BCUT2D eigenvalue weighted by molar-refractivity contribution is 0.0471. The second-order valence-corrected chi connectivity index (χ2v) is 4.73. The minimum atomic E-state index is -0.568. The number of carbonyl (C=O) groups is 1. The van der Waals surface area contributed by atoms with E-state index in [-0.39, 0.29) is 17.7 Å².